The molecule has 108 valence electrons. The minimum absolute atomic E-state index is 0.428. The molecule has 0 aromatic heterocycles. The quantitative estimate of drug-likeness (QED) is 0.625. The van der Waals surface area contributed by atoms with Crippen LogP contribution >= 0.6 is 0 Å². The Labute approximate surface area is 114 Å². The van der Waals surface area contributed by atoms with Crippen molar-refractivity contribution in [3.05, 3.63) is 0 Å². The van der Waals surface area contributed by atoms with Gasteiger partial charge >= 0.3 is 0 Å². The molecule has 0 saturated heterocycles. The molecule has 1 N–H and O–H groups in total. The van der Waals surface area contributed by atoms with Gasteiger partial charge < -0.3 is 10.1 Å². The molecule has 0 radical (unpaired) electrons. The molecule has 1 fully saturated rings. The van der Waals surface area contributed by atoms with Gasteiger partial charge in [-0.3, -0.25) is 0 Å². The summed E-state index contributed by atoms with van der Waals surface area (Å²) in [6, 6.07) is 0.551. The largest absolute Gasteiger partial charge is 0.380 e. The van der Waals surface area contributed by atoms with Gasteiger partial charge in [-0.15, -0.1) is 0 Å². The molecule has 2 unspecified atom stereocenters. The Hall–Kier alpha value is -0.0800. The fourth-order valence-corrected chi connectivity index (χ4v) is 3.41. The summed E-state index contributed by atoms with van der Waals surface area (Å²) in [5.74, 6) is 0.785. The van der Waals surface area contributed by atoms with Gasteiger partial charge in [-0.05, 0) is 32.2 Å². The number of hydrogen-bond donors (Lipinski definition) is 1. The zero-order chi connectivity index (χ0) is 13.2. The van der Waals surface area contributed by atoms with Crippen LogP contribution in [0.3, 0.4) is 0 Å². The van der Waals surface area contributed by atoms with E-state index in [1.165, 1.54) is 64.2 Å². The molecule has 0 bridgehead atoms. The summed E-state index contributed by atoms with van der Waals surface area (Å²) in [5, 5.41) is 3.50. The van der Waals surface area contributed by atoms with Gasteiger partial charge in [-0.1, -0.05) is 51.9 Å². The third kappa shape index (κ3) is 5.27. The monoisotopic (exact) mass is 255 g/mol. The molecule has 0 aliphatic heterocycles. The summed E-state index contributed by atoms with van der Waals surface area (Å²) in [6.07, 6.45) is 14.1. The highest BCUT2D eigenvalue weighted by atomic mass is 16.5. The first kappa shape index (κ1) is 16.0. The first-order valence-corrected chi connectivity index (χ1v) is 8.03. The van der Waals surface area contributed by atoms with Crippen molar-refractivity contribution in [3.8, 4) is 0 Å². The average Bonchev–Trinajstić information content (AvgIpc) is 2.43. The van der Waals surface area contributed by atoms with Crippen LogP contribution in [0.4, 0.5) is 0 Å². The van der Waals surface area contributed by atoms with Gasteiger partial charge in [0.1, 0.15) is 0 Å². The predicted octanol–water partition coefficient (Wildman–Crippen LogP) is 4.14. The lowest BCUT2D eigenvalue weighted by Crippen LogP contribution is -2.44. The van der Waals surface area contributed by atoms with E-state index in [1.807, 2.05) is 7.11 Å². The number of nitrogens with one attached hydrogen (secondary N) is 1. The molecule has 1 aliphatic carbocycles. The van der Waals surface area contributed by atoms with Gasteiger partial charge in [0.05, 0.1) is 6.10 Å². The van der Waals surface area contributed by atoms with E-state index in [9.17, 15) is 0 Å². The van der Waals surface area contributed by atoms with Crippen molar-refractivity contribution in [1.29, 1.82) is 0 Å². The molecule has 1 rings (SSSR count). The molecule has 2 heteroatoms. The minimum atomic E-state index is 0.428. The van der Waals surface area contributed by atoms with E-state index in [0.29, 0.717) is 12.1 Å². The number of ether oxygens (including phenoxy) is 1. The van der Waals surface area contributed by atoms with Crippen LogP contribution in [-0.2, 0) is 4.74 Å². The van der Waals surface area contributed by atoms with Crippen molar-refractivity contribution in [2.24, 2.45) is 5.92 Å². The summed E-state index contributed by atoms with van der Waals surface area (Å²) < 4.78 is 5.84. The van der Waals surface area contributed by atoms with Gasteiger partial charge in [0.2, 0.25) is 0 Å². The summed E-state index contributed by atoms with van der Waals surface area (Å²) in [4.78, 5) is 0. The Morgan fingerprint density at radius 3 is 2.39 bits per heavy atom. The van der Waals surface area contributed by atoms with Crippen LogP contribution in [0.15, 0.2) is 0 Å². The molecule has 0 amide bonds. The number of unbranched alkanes of at least 4 members (excludes halogenated alkanes) is 3. The standard InChI is InChI=1S/C16H33NO/c1-4-5-6-10-13-15(17-2)16(18-3)14-11-8-7-9-12-14/h14-17H,4-13H2,1-3H3. The van der Waals surface area contributed by atoms with Gasteiger partial charge in [-0.25, -0.2) is 0 Å². The van der Waals surface area contributed by atoms with E-state index in [4.69, 9.17) is 4.74 Å². The molecule has 0 heterocycles. The van der Waals surface area contributed by atoms with Crippen molar-refractivity contribution in [2.75, 3.05) is 14.2 Å². The highest BCUT2D eigenvalue weighted by Crippen LogP contribution is 2.30. The van der Waals surface area contributed by atoms with Crippen molar-refractivity contribution in [2.45, 2.75) is 83.3 Å². The fraction of sp³-hybridized carbons (Fsp3) is 1.00. The highest BCUT2D eigenvalue weighted by Gasteiger charge is 2.29. The molecule has 0 aromatic rings. The van der Waals surface area contributed by atoms with E-state index in [1.54, 1.807) is 0 Å². The maximum Gasteiger partial charge on any atom is 0.0752 e. The van der Waals surface area contributed by atoms with E-state index in [2.05, 4.69) is 19.3 Å². The Morgan fingerprint density at radius 2 is 1.83 bits per heavy atom. The van der Waals surface area contributed by atoms with Gasteiger partial charge in [0.25, 0.3) is 0 Å². The topological polar surface area (TPSA) is 21.3 Å². The van der Waals surface area contributed by atoms with Crippen molar-refractivity contribution < 1.29 is 4.74 Å². The molecule has 1 saturated carbocycles. The number of likely N-dealkylation sites (N-methyl/N-ethyl adjacent to an activating group) is 1. The second-order valence-corrected chi connectivity index (χ2v) is 5.84. The summed E-state index contributed by atoms with van der Waals surface area (Å²) in [7, 11) is 4.00. The van der Waals surface area contributed by atoms with Gasteiger partial charge in [-0.2, -0.15) is 0 Å². The Bertz CT molecular complexity index is 190. The lowest BCUT2D eigenvalue weighted by atomic mass is 9.81. The lowest BCUT2D eigenvalue weighted by Gasteiger charge is -2.35. The van der Waals surface area contributed by atoms with Crippen molar-refractivity contribution in [1.82, 2.24) is 5.32 Å². The normalized spacial score (nSPS) is 20.8. The smallest absolute Gasteiger partial charge is 0.0752 e. The summed E-state index contributed by atoms with van der Waals surface area (Å²) in [6.45, 7) is 2.27. The van der Waals surface area contributed by atoms with Crippen molar-refractivity contribution in [3.63, 3.8) is 0 Å². The lowest BCUT2D eigenvalue weighted by molar-refractivity contribution is 0.00739. The second kappa shape index (κ2) is 9.80. The van der Waals surface area contributed by atoms with Gasteiger partial charge in [0.15, 0.2) is 0 Å². The van der Waals surface area contributed by atoms with E-state index in [-0.39, 0.29) is 0 Å². The SMILES string of the molecule is CCCCCCC(NC)C(OC)C1CCCCC1. The zero-order valence-corrected chi connectivity index (χ0v) is 12.7. The van der Waals surface area contributed by atoms with Crippen LogP contribution in [0.2, 0.25) is 0 Å². The van der Waals surface area contributed by atoms with E-state index in [0.717, 1.165) is 5.92 Å². The number of hydrogen-bond acceptors (Lipinski definition) is 2. The van der Waals surface area contributed by atoms with Crippen LogP contribution in [0.1, 0.15) is 71.1 Å². The average molecular weight is 255 g/mol. The predicted molar refractivity (Wildman–Crippen MR) is 79.0 cm³/mol. The summed E-state index contributed by atoms with van der Waals surface area (Å²) in [5.41, 5.74) is 0. The molecule has 0 spiro atoms. The number of rotatable bonds is 9. The van der Waals surface area contributed by atoms with Crippen molar-refractivity contribution >= 4 is 0 Å². The minimum Gasteiger partial charge on any atom is -0.380 e. The van der Waals surface area contributed by atoms with Crippen LogP contribution in [-0.4, -0.2) is 26.3 Å². The Morgan fingerprint density at radius 1 is 1.11 bits per heavy atom. The highest BCUT2D eigenvalue weighted by molar-refractivity contribution is 4.84. The van der Waals surface area contributed by atoms with Crippen LogP contribution < -0.4 is 5.32 Å². The maximum absolute atomic E-state index is 5.84. The fourth-order valence-electron chi connectivity index (χ4n) is 3.41. The molecular formula is C16H33NO. The first-order chi connectivity index (χ1) is 8.83. The third-order valence-electron chi connectivity index (χ3n) is 4.52. The van der Waals surface area contributed by atoms with E-state index < -0.39 is 0 Å². The first-order valence-electron chi connectivity index (χ1n) is 8.03. The Balaban J connectivity index is 2.37. The second-order valence-electron chi connectivity index (χ2n) is 5.84. The molecule has 0 aromatic carbocycles. The zero-order valence-electron chi connectivity index (χ0n) is 12.7. The molecular weight excluding hydrogens is 222 g/mol. The molecule has 1 aliphatic rings. The molecule has 18 heavy (non-hydrogen) atoms. The molecule has 2 atom stereocenters. The van der Waals surface area contributed by atoms with Crippen LogP contribution in [0.5, 0.6) is 0 Å². The summed E-state index contributed by atoms with van der Waals surface area (Å²) >= 11 is 0. The van der Waals surface area contributed by atoms with Gasteiger partial charge in [0, 0.05) is 13.2 Å². The van der Waals surface area contributed by atoms with Crippen LogP contribution in [0.25, 0.3) is 0 Å². The number of methoxy groups -OCH3 is 1. The van der Waals surface area contributed by atoms with E-state index >= 15 is 0 Å². The Kier molecular flexibility index (Phi) is 8.70. The van der Waals surface area contributed by atoms with Crippen LogP contribution in [0, 0.1) is 5.92 Å². The third-order valence-corrected chi connectivity index (χ3v) is 4.52. The molecule has 2 nitrogen and oxygen atoms in total. The maximum atomic E-state index is 5.84.